The number of hydrogen-bond acceptors (Lipinski definition) is 3. The molecule has 0 radical (unpaired) electrons. The van der Waals surface area contributed by atoms with Crippen LogP contribution in [0.5, 0.6) is 0 Å². The van der Waals surface area contributed by atoms with Crippen molar-refractivity contribution < 1.29 is 13.6 Å². The van der Waals surface area contributed by atoms with Crippen molar-refractivity contribution in [2.45, 2.75) is 13.3 Å². The Morgan fingerprint density at radius 3 is 2.67 bits per heavy atom. The zero-order chi connectivity index (χ0) is 9.56. The van der Waals surface area contributed by atoms with E-state index >= 15 is 0 Å². The molecule has 0 saturated heterocycles. The van der Waals surface area contributed by atoms with Crippen LogP contribution in [0.15, 0.2) is 12.3 Å². The van der Waals surface area contributed by atoms with Gasteiger partial charge in [-0.3, -0.25) is 10.2 Å². The third-order valence-corrected chi connectivity index (χ3v) is 1.02. The van der Waals surface area contributed by atoms with Crippen molar-refractivity contribution in [3.63, 3.8) is 0 Å². The molecule has 5 heteroatoms. The summed E-state index contributed by atoms with van der Waals surface area (Å²) in [5.74, 6) is -0.398. The molecule has 0 spiro atoms. The number of Topliss-reactive ketones (excluding diaryl/α,β-unsaturated/α-hetero) is 1. The maximum absolute atomic E-state index is 11.5. The van der Waals surface area contributed by atoms with Crippen LogP contribution in [0, 0.1) is 5.41 Å². The Kier molecular flexibility index (Phi) is 4.83. The highest BCUT2D eigenvalue weighted by atomic mass is 19.3. The molecular formula is C7H10F2N2O. The molecule has 68 valence electrons. The first-order valence-corrected chi connectivity index (χ1v) is 3.31. The lowest BCUT2D eigenvalue weighted by Crippen LogP contribution is -2.16. The summed E-state index contributed by atoms with van der Waals surface area (Å²) >= 11 is 0. The van der Waals surface area contributed by atoms with Crippen molar-refractivity contribution in [1.29, 1.82) is 5.41 Å². The van der Waals surface area contributed by atoms with E-state index in [4.69, 9.17) is 5.41 Å². The molecule has 0 aromatic carbocycles. The second-order valence-electron chi connectivity index (χ2n) is 2.10. The largest absolute Gasteiger partial charge is 0.385 e. The summed E-state index contributed by atoms with van der Waals surface area (Å²) in [5, 5.41) is 9.21. The van der Waals surface area contributed by atoms with Gasteiger partial charge in [0.2, 0.25) is 0 Å². The van der Waals surface area contributed by atoms with Crippen molar-refractivity contribution >= 4 is 11.5 Å². The topological polar surface area (TPSA) is 53.0 Å². The molecule has 2 N–H and O–H groups in total. The average molecular weight is 176 g/mol. The van der Waals surface area contributed by atoms with Crippen LogP contribution in [0.4, 0.5) is 8.78 Å². The fraction of sp³-hybridized carbons (Fsp3) is 0.429. The van der Waals surface area contributed by atoms with E-state index < -0.39 is 18.8 Å². The van der Waals surface area contributed by atoms with Gasteiger partial charge in [-0.15, -0.1) is 0 Å². The van der Waals surface area contributed by atoms with Crippen LogP contribution < -0.4 is 5.32 Å². The quantitative estimate of drug-likeness (QED) is 0.613. The highest BCUT2D eigenvalue weighted by molar-refractivity contribution is 6.42. The third-order valence-electron chi connectivity index (χ3n) is 1.02. The van der Waals surface area contributed by atoms with Gasteiger partial charge in [0.05, 0.1) is 12.3 Å². The molecule has 0 saturated carbocycles. The maximum Gasteiger partial charge on any atom is 0.255 e. The molecule has 12 heavy (non-hydrogen) atoms. The number of halogens is 2. The molecule has 0 atom stereocenters. The first-order chi connectivity index (χ1) is 5.54. The van der Waals surface area contributed by atoms with Gasteiger partial charge < -0.3 is 5.32 Å². The number of allylic oxidation sites excluding steroid dienone is 1. The molecule has 0 aromatic rings. The van der Waals surface area contributed by atoms with Crippen LogP contribution in [0.3, 0.4) is 0 Å². The fourth-order valence-electron chi connectivity index (χ4n) is 0.417. The van der Waals surface area contributed by atoms with Crippen LogP contribution in [0.2, 0.25) is 0 Å². The molecule has 0 aliphatic carbocycles. The standard InChI is InChI=1S/C7H10F2N2O/c1-5(12)6(10)2-3-11-4-7(8)9/h2-3,7,10-11H,4H2,1H3/b3-2-,10-6?. The minimum atomic E-state index is -2.43. The van der Waals surface area contributed by atoms with Gasteiger partial charge in [0.25, 0.3) is 6.43 Å². The van der Waals surface area contributed by atoms with E-state index in [-0.39, 0.29) is 5.71 Å². The smallest absolute Gasteiger partial charge is 0.255 e. The highest BCUT2D eigenvalue weighted by Gasteiger charge is 1.98. The number of hydrogen-bond donors (Lipinski definition) is 2. The molecule has 0 heterocycles. The van der Waals surface area contributed by atoms with Gasteiger partial charge in [-0.1, -0.05) is 0 Å². The van der Waals surface area contributed by atoms with E-state index in [1.165, 1.54) is 6.92 Å². The van der Waals surface area contributed by atoms with E-state index in [0.717, 1.165) is 12.3 Å². The molecule has 0 aliphatic heterocycles. The summed E-state index contributed by atoms with van der Waals surface area (Å²) in [7, 11) is 0. The van der Waals surface area contributed by atoms with E-state index in [0.29, 0.717) is 0 Å². The highest BCUT2D eigenvalue weighted by Crippen LogP contribution is 1.87. The molecule has 0 rings (SSSR count). The van der Waals surface area contributed by atoms with Crippen molar-refractivity contribution in [2.24, 2.45) is 0 Å². The van der Waals surface area contributed by atoms with Crippen molar-refractivity contribution in [2.75, 3.05) is 6.54 Å². The van der Waals surface area contributed by atoms with Gasteiger partial charge in [0.1, 0.15) is 0 Å². The minimum Gasteiger partial charge on any atom is -0.385 e. The van der Waals surface area contributed by atoms with Crippen LogP contribution in [-0.2, 0) is 4.79 Å². The summed E-state index contributed by atoms with van der Waals surface area (Å²) in [4.78, 5) is 10.4. The Hall–Kier alpha value is -1.26. The molecule has 0 fully saturated rings. The number of ketones is 1. The van der Waals surface area contributed by atoms with Gasteiger partial charge in [0, 0.05) is 6.92 Å². The lowest BCUT2D eigenvalue weighted by atomic mass is 10.3. The summed E-state index contributed by atoms with van der Waals surface area (Å²) in [5.41, 5.74) is -0.211. The Balaban J connectivity index is 3.63. The molecule has 0 amide bonds. The van der Waals surface area contributed by atoms with Crippen LogP contribution in [0.25, 0.3) is 0 Å². The van der Waals surface area contributed by atoms with Crippen molar-refractivity contribution in [1.82, 2.24) is 5.32 Å². The minimum absolute atomic E-state index is 0.211. The van der Waals surface area contributed by atoms with Crippen molar-refractivity contribution in [3.8, 4) is 0 Å². The van der Waals surface area contributed by atoms with E-state index in [1.54, 1.807) is 0 Å². The molecule has 3 nitrogen and oxygen atoms in total. The van der Waals surface area contributed by atoms with Crippen LogP contribution in [-0.4, -0.2) is 24.5 Å². The van der Waals surface area contributed by atoms with E-state index in [1.807, 2.05) is 0 Å². The van der Waals surface area contributed by atoms with Gasteiger partial charge in [-0.25, -0.2) is 8.78 Å². The Bertz CT molecular complexity index is 202. The van der Waals surface area contributed by atoms with Gasteiger partial charge in [0.15, 0.2) is 5.78 Å². The zero-order valence-corrected chi connectivity index (χ0v) is 6.60. The SMILES string of the molecule is CC(=O)C(=N)/C=C\NCC(F)F. The lowest BCUT2D eigenvalue weighted by molar-refractivity contribution is -0.111. The van der Waals surface area contributed by atoms with Gasteiger partial charge in [-0.05, 0) is 12.3 Å². The Morgan fingerprint density at radius 2 is 2.25 bits per heavy atom. The second kappa shape index (κ2) is 5.40. The molecule has 0 aliphatic rings. The monoisotopic (exact) mass is 176 g/mol. The third kappa shape index (κ3) is 5.52. The predicted octanol–water partition coefficient (Wildman–Crippen LogP) is 0.964. The number of nitrogens with one attached hydrogen (secondary N) is 2. The van der Waals surface area contributed by atoms with Crippen LogP contribution >= 0.6 is 0 Å². The zero-order valence-electron chi connectivity index (χ0n) is 6.60. The summed E-state index contributed by atoms with van der Waals surface area (Å²) in [6, 6.07) is 0. The fourth-order valence-corrected chi connectivity index (χ4v) is 0.417. The average Bonchev–Trinajstić information content (AvgIpc) is 1.97. The van der Waals surface area contributed by atoms with Gasteiger partial charge >= 0.3 is 0 Å². The Labute approximate surface area is 69.0 Å². The summed E-state index contributed by atoms with van der Waals surface area (Å²) in [6.45, 7) is 0.765. The van der Waals surface area contributed by atoms with E-state index in [9.17, 15) is 13.6 Å². The normalized spacial score (nSPS) is 10.7. The Morgan fingerprint density at radius 1 is 1.67 bits per heavy atom. The second-order valence-corrected chi connectivity index (χ2v) is 2.10. The summed E-state index contributed by atoms with van der Waals surface area (Å²) in [6.07, 6.45) is -0.123. The lowest BCUT2D eigenvalue weighted by Gasteiger charge is -1.97. The molecule has 0 unspecified atom stereocenters. The molecule has 0 bridgehead atoms. The number of carbonyl (C=O) groups excluding carboxylic acids is 1. The molecular weight excluding hydrogens is 166 g/mol. The predicted molar refractivity (Wildman–Crippen MR) is 41.6 cm³/mol. The van der Waals surface area contributed by atoms with Gasteiger partial charge in [-0.2, -0.15) is 0 Å². The van der Waals surface area contributed by atoms with Crippen LogP contribution in [0.1, 0.15) is 6.92 Å². The number of carbonyl (C=O) groups is 1. The first kappa shape index (κ1) is 10.7. The number of alkyl halides is 2. The molecule has 0 aromatic heterocycles. The summed E-state index contributed by atoms with van der Waals surface area (Å²) < 4.78 is 23.0. The van der Waals surface area contributed by atoms with Crippen molar-refractivity contribution in [3.05, 3.63) is 12.3 Å². The maximum atomic E-state index is 11.5. The number of rotatable bonds is 5. The first-order valence-electron chi connectivity index (χ1n) is 3.31. The van der Waals surface area contributed by atoms with E-state index in [2.05, 4.69) is 5.32 Å².